The minimum Gasteiger partial charge on any atom is -0.487 e. The SMILES string of the molecule is C[C@H](Nc1cccc(OCc2cscn2)c1)c1ccco1. The topological polar surface area (TPSA) is 47.3 Å². The predicted octanol–water partition coefficient (Wildman–Crippen LogP) is 4.49. The van der Waals surface area contributed by atoms with E-state index in [4.69, 9.17) is 9.15 Å². The van der Waals surface area contributed by atoms with Gasteiger partial charge in [-0.2, -0.15) is 0 Å². The van der Waals surface area contributed by atoms with Crippen LogP contribution in [0.1, 0.15) is 24.4 Å². The lowest BCUT2D eigenvalue weighted by Gasteiger charge is -2.14. The third kappa shape index (κ3) is 3.64. The quantitative estimate of drug-likeness (QED) is 0.728. The molecule has 3 rings (SSSR count). The summed E-state index contributed by atoms with van der Waals surface area (Å²) in [5, 5.41) is 5.38. The van der Waals surface area contributed by atoms with E-state index in [9.17, 15) is 0 Å². The fraction of sp³-hybridized carbons (Fsp3) is 0.188. The van der Waals surface area contributed by atoms with Gasteiger partial charge in [0.25, 0.3) is 0 Å². The highest BCUT2D eigenvalue weighted by molar-refractivity contribution is 7.07. The second-order valence-corrected chi connectivity index (χ2v) is 5.40. The van der Waals surface area contributed by atoms with Crippen molar-refractivity contribution in [3.05, 3.63) is 65.0 Å². The van der Waals surface area contributed by atoms with Crippen molar-refractivity contribution in [3.63, 3.8) is 0 Å². The molecule has 2 heterocycles. The van der Waals surface area contributed by atoms with Gasteiger partial charge in [0, 0.05) is 17.1 Å². The van der Waals surface area contributed by atoms with Crippen LogP contribution in [0.4, 0.5) is 5.69 Å². The summed E-state index contributed by atoms with van der Waals surface area (Å²) in [6.45, 7) is 2.54. The lowest BCUT2D eigenvalue weighted by molar-refractivity contribution is 0.302. The summed E-state index contributed by atoms with van der Waals surface area (Å²) in [7, 11) is 0. The molecule has 0 amide bonds. The van der Waals surface area contributed by atoms with Crippen molar-refractivity contribution in [2.75, 3.05) is 5.32 Å². The zero-order chi connectivity index (χ0) is 14.5. The highest BCUT2D eigenvalue weighted by atomic mass is 32.1. The van der Waals surface area contributed by atoms with Crippen LogP contribution in [-0.4, -0.2) is 4.98 Å². The third-order valence-electron chi connectivity index (χ3n) is 3.06. The van der Waals surface area contributed by atoms with Crippen molar-refractivity contribution in [2.24, 2.45) is 0 Å². The van der Waals surface area contributed by atoms with Gasteiger partial charge in [-0.15, -0.1) is 11.3 Å². The molecule has 0 spiro atoms. The van der Waals surface area contributed by atoms with E-state index in [1.165, 1.54) is 0 Å². The Morgan fingerprint density at radius 2 is 2.29 bits per heavy atom. The summed E-state index contributed by atoms with van der Waals surface area (Å²) in [5.41, 5.74) is 3.75. The van der Waals surface area contributed by atoms with E-state index in [1.54, 1.807) is 17.6 Å². The van der Waals surface area contributed by atoms with E-state index >= 15 is 0 Å². The zero-order valence-corrected chi connectivity index (χ0v) is 12.5. The molecule has 21 heavy (non-hydrogen) atoms. The molecule has 0 aliphatic rings. The first-order valence-electron chi connectivity index (χ1n) is 6.71. The molecular weight excluding hydrogens is 284 g/mol. The largest absolute Gasteiger partial charge is 0.487 e. The standard InChI is InChI=1S/C16H16N2O2S/c1-12(16-6-3-7-19-16)18-13-4-2-5-15(8-13)20-9-14-10-21-11-17-14/h2-8,10-12,18H,9H2,1H3/t12-/m0/s1. The lowest BCUT2D eigenvalue weighted by Crippen LogP contribution is -2.05. The van der Waals surface area contributed by atoms with Crippen molar-refractivity contribution in [1.82, 2.24) is 4.98 Å². The van der Waals surface area contributed by atoms with Gasteiger partial charge in [-0.05, 0) is 31.2 Å². The van der Waals surface area contributed by atoms with Crippen LogP contribution in [0.15, 0.2) is 58.0 Å². The van der Waals surface area contributed by atoms with Crippen LogP contribution >= 0.6 is 11.3 Å². The van der Waals surface area contributed by atoms with Crippen LogP contribution in [0.2, 0.25) is 0 Å². The highest BCUT2D eigenvalue weighted by Crippen LogP contribution is 2.23. The smallest absolute Gasteiger partial charge is 0.131 e. The van der Waals surface area contributed by atoms with Crippen LogP contribution < -0.4 is 10.1 Å². The van der Waals surface area contributed by atoms with Gasteiger partial charge in [0.2, 0.25) is 0 Å². The average molecular weight is 300 g/mol. The Morgan fingerprint density at radius 3 is 3.05 bits per heavy atom. The van der Waals surface area contributed by atoms with Crippen LogP contribution in [0.25, 0.3) is 0 Å². The van der Waals surface area contributed by atoms with Crippen LogP contribution in [-0.2, 0) is 6.61 Å². The molecule has 0 bridgehead atoms. The van der Waals surface area contributed by atoms with E-state index in [-0.39, 0.29) is 6.04 Å². The number of rotatable bonds is 6. The molecule has 0 aliphatic heterocycles. The third-order valence-corrected chi connectivity index (χ3v) is 3.69. The zero-order valence-electron chi connectivity index (χ0n) is 11.7. The van der Waals surface area contributed by atoms with Gasteiger partial charge in [-0.3, -0.25) is 0 Å². The summed E-state index contributed by atoms with van der Waals surface area (Å²) >= 11 is 1.57. The summed E-state index contributed by atoms with van der Waals surface area (Å²) in [4.78, 5) is 4.20. The van der Waals surface area contributed by atoms with Gasteiger partial charge in [0.15, 0.2) is 0 Å². The number of nitrogens with zero attached hydrogens (tertiary/aromatic N) is 1. The molecule has 5 heteroatoms. The van der Waals surface area contributed by atoms with Crippen LogP contribution in [0.3, 0.4) is 0 Å². The van der Waals surface area contributed by atoms with Crippen molar-refractivity contribution in [3.8, 4) is 5.75 Å². The van der Waals surface area contributed by atoms with Gasteiger partial charge in [-0.1, -0.05) is 6.07 Å². The van der Waals surface area contributed by atoms with E-state index in [0.29, 0.717) is 6.61 Å². The number of hydrogen-bond acceptors (Lipinski definition) is 5. The Morgan fingerprint density at radius 1 is 1.33 bits per heavy atom. The number of anilines is 1. The van der Waals surface area contributed by atoms with E-state index in [2.05, 4.69) is 17.2 Å². The second kappa shape index (κ2) is 6.45. The monoisotopic (exact) mass is 300 g/mol. The molecular formula is C16H16N2O2S. The van der Waals surface area contributed by atoms with E-state index < -0.39 is 0 Å². The number of nitrogens with one attached hydrogen (secondary N) is 1. The maximum atomic E-state index is 5.74. The van der Waals surface area contributed by atoms with Crippen LogP contribution in [0, 0.1) is 0 Å². The molecule has 108 valence electrons. The Bertz CT molecular complexity index is 665. The molecule has 1 atom stereocenters. The first kappa shape index (κ1) is 13.7. The first-order chi connectivity index (χ1) is 10.3. The van der Waals surface area contributed by atoms with Crippen molar-refractivity contribution in [1.29, 1.82) is 0 Å². The summed E-state index contributed by atoms with van der Waals surface area (Å²) in [6.07, 6.45) is 1.68. The van der Waals surface area contributed by atoms with Crippen molar-refractivity contribution >= 4 is 17.0 Å². The van der Waals surface area contributed by atoms with Crippen molar-refractivity contribution in [2.45, 2.75) is 19.6 Å². The van der Waals surface area contributed by atoms with Gasteiger partial charge in [0.05, 0.1) is 23.5 Å². The molecule has 4 nitrogen and oxygen atoms in total. The molecule has 1 aromatic carbocycles. The fourth-order valence-corrected chi connectivity index (χ4v) is 2.54. The molecule has 3 aromatic rings. The summed E-state index contributed by atoms with van der Waals surface area (Å²) in [5.74, 6) is 1.73. The molecule has 0 saturated carbocycles. The van der Waals surface area contributed by atoms with Gasteiger partial charge in [-0.25, -0.2) is 4.98 Å². The normalized spacial score (nSPS) is 12.0. The minimum atomic E-state index is 0.105. The minimum absolute atomic E-state index is 0.105. The van der Waals surface area contributed by atoms with E-state index in [1.807, 2.05) is 47.3 Å². The summed E-state index contributed by atoms with van der Waals surface area (Å²) in [6, 6.07) is 11.8. The summed E-state index contributed by atoms with van der Waals surface area (Å²) < 4.78 is 11.1. The van der Waals surface area contributed by atoms with Gasteiger partial charge < -0.3 is 14.5 Å². The number of aromatic nitrogens is 1. The van der Waals surface area contributed by atoms with E-state index in [0.717, 1.165) is 22.9 Å². The number of furan rings is 1. The fourth-order valence-electron chi connectivity index (χ4n) is 2.00. The Kier molecular flexibility index (Phi) is 4.21. The first-order valence-corrected chi connectivity index (χ1v) is 7.65. The molecule has 0 radical (unpaired) electrons. The Balaban J connectivity index is 1.62. The molecule has 0 saturated heterocycles. The number of hydrogen-bond donors (Lipinski definition) is 1. The molecule has 2 aromatic heterocycles. The Hall–Kier alpha value is -2.27. The number of ether oxygens (including phenoxy) is 1. The molecule has 0 unspecified atom stereocenters. The van der Waals surface area contributed by atoms with Gasteiger partial charge in [0.1, 0.15) is 18.1 Å². The average Bonchev–Trinajstić information content (AvgIpc) is 3.19. The highest BCUT2D eigenvalue weighted by Gasteiger charge is 2.08. The number of benzene rings is 1. The maximum Gasteiger partial charge on any atom is 0.131 e. The molecule has 1 N–H and O–H groups in total. The Labute approximate surface area is 127 Å². The van der Waals surface area contributed by atoms with Crippen LogP contribution in [0.5, 0.6) is 5.75 Å². The molecule has 0 aliphatic carbocycles. The van der Waals surface area contributed by atoms with Crippen molar-refractivity contribution < 1.29 is 9.15 Å². The lowest BCUT2D eigenvalue weighted by atomic mass is 10.2. The second-order valence-electron chi connectivity index (χ2n) is 4.68. The van der Waals surface area contributed by atoms with Gasteiger partial charge >= 0.3 is 0 Å². The molecule has 0 fully saturated rings. The number of thiazole rings is 1. The maximum absolute atomic E-state index is 5.74. The predicted molar refractivity (Wildman–Crippen MR) is 83.6 cm³/mol.